The first kappa shape index (κ1) is 12.3. The third-order valence-electron chi connectivity index (χ3n) is 2.75. The van der Waals surface area contributed by atoms with Gasteiger partial charge in [-0.05, 0) is 18.5 Å². The van der Waals surface area contributed by atoms with Gasteiger partial charge in [-0.15, -0.1) is 0 Å². The lowest BCUT2D eigenvalue weighted by molar-refractivity contribution is -0.141. The lowest BCUT2D eigenvalue weighted by Gasteiger charge is -2.10. The summed E-state index contributed by atoms with van der Waals surface area (Å²) in [5.74, 6) is -0.914. The molecule has 2 rings (SSSR count). The fraction of sp³-hybridized carbons (Fsp3) is 0.231. The Labute approximate surface area is 105 Å². The molecule has 0 bridgehead atoms. The molecule has 0 amide bonds. The van der Waals surface area contributed by atoms with Crippen LogP contribution in [-0.2, 0) is 4.79 Å². The highest BCUT2D eigenvalue weighted by atomic mass is 16.4. The molecule has 0 spiro atoms. The summed E-state index contributed by atoms with van der Waals surface area (Å²) in [6.45, 7) is 0.317. The maximum atomic E-state index is 11.1. The minimum absolute atomic E-state index is 0.317. The second-order valence-corrected chi connectivity index (χ2v) is 4.01. The lowest BCUT2D eigenvalue weighted by Crippen LogP contribution is -2.22. The molecule has 0 aliphatic rings. The number of hydrogen-bond acceptors (Lipinski definition) is 3. The van der Waals surface area contributed by atoms with Gasteiger partial charge in [0.25, 0.3) is 0 Å². The van der Waals surface area contributed by atoms with E-state index in [4.69, 9.17) is 10.8 Å². The summed E-state index contributed by atoms with van der Waals surface area (Å²) >= 11 is 0. The van der Waals surface area contributed by atoms with Crippen molar-refractivity contribution in [2.45, 2.75) is 12.5 Å². The number of carboxylic acid groups (broad SMARTS) is 1. The van der Waals surface area contributed by atoms with Gasteiger partial charge in [-0.2, -0.15) is 5.10 Å². The number of aromatic nitrogens is 2. The quantitative estimate of drug-likeness (QED) is 0.837. The highest BCUT2D eigenvalue weighted by molar-refractivity contribution is 5.72. The smallest absolute Gasteiger partial charge is 0.328 e. The molecule has 0 fully saturated rings. The molecule has 1 heterocycles. The molecule has 0 saturated carbocycles. The molecule has 0 aliphatic heterocycles. The van der Waals surface area contributed by atoms with Gasteiger partial charge < -0.3 is 10.8 Å². The predicted molar refractivity (Wildman–Crippen MR) is 68.0 cm³/mol. The van der Waals surface area contributed by atoms with Gasteiger partial charge in [0, 0.05) is 11.8 Å². The Morgan fingerprint density at radius 2 is 2.06 bits per heavy atom. The van der Waals surface area contributed by atoms with Gasteiger partial charge in [0.15, 0.2) is 6.04 Å². The molecular weight excluding hydrogens is 230 g/mol. The fourth-order valence-corrected chi connectivity index (χ4v) is 1.81. The van der Waals surface area contributed by atoms with Gasteiger partial charge in [0.1, 0.15) is 0 Å². The van der Waals surface area contributed by atoms with Crippen LogP contribution >= 0.6 is 0 Å². The van der Waals surface area contributed by atoms with Gasteiger partial charge in [0.2, 0.25) is 0 Å². The lowest BCUT2D eigenvalue weighted by atomic mass is 10.1. The number of carbonyl (C=O) groups is 1. The van der Waals surface area contributed by atoms with Crippen molar-refractivity contribution in [1.82, 2.24) is 9.78 Å². The van der Waals surface area contributed by atoms with Crippen LogP contribution in [0.2, 0.25) is 0 Å². The molecule has 0 radical (unpaired) electrons. The zero-order valence-corrected chi connectivity index (χ0v) is 9.86. The Balaban J connectivity index is 2.27. The fourth-order valence-electron chi connectivity index (χ4n) is 1.81. The molecule has 1 aromatic heterocycles. The van der Waals surface area contributed by atoms with E-state index in [0.717, 1.165) is 11.1 Å². The molecule has 5 nitrogen and oxygen atoms in total. The van der Waals surface area contributed by atoms with Crippen molar-refractivity contribution in [2.24, 2.45) is 5.73 Å². The van der Waals surface area contributed by atoms with Crippen molar-refractivity contribution in [3.63, 3.8) is 0 Å². The molecule has 0 saturated heterocycles. The van der Waals surface area contributed by atoms with E-state index in [9.17, 15) is 4.79 Å². The topological polar surface area (TPSA) is 81.1 Å². The Hall–Kier alpha value is -2.14. The molecule has 1 aromatic carbocycles. The van der Waals surface area contributed by atoms with E-state index in [1.165, 1.54) is 4.68 Å². The van der Waals surface area contributed by atoms with Crippen molar-refractivity contribution in [2.75, 3.05) is 6.54 Å². The predicted octanol–water partition coefficient (Wildman–Crippen LogP) is 1.52. The zero-order chi connectivity index (χ0) is 13.0. The number of rotatable bonds is 5. The van der Waals surface area contributed by atoms with Gasteiger partial charge in [-0.3, -0.25) is 4.68 Å². The SMILES string of the molecule is NCCC(C(=O)O)n1cc(-c2ccccc2)cn1. The molecule has 2 aromatic rings. The van der Waals surface area contributed by atoms with Crippen LogP contribution in [0, 0.1) is 0 Å². The summed E-state index contributed by atoms with van der Waals surface area (Å²) in [6.07, 6.45) is 3.77. The Morgan fingerprint density at radius 3 is 2.67 bits per heavy atom. The Kier molecular flexibility index (Phi) is 3.74. The third kappa shape index (κ3) is 2.57. The number of carboxylic acids is 1. The van der Waals surface area contributed by atoms with Gasteiger partial charge in [-0.25, -0.2) is 4.79 Å². The van der Waals surface area contributed by atoms with Crippen LogP contribution in [0.5, 0.6) is 0 Å². The average Bonchev–Trinajstić information content (AvgIpc) is 2.86. The van der Waals surface area contributed by atoms with Crippen LogP contribution in [0.4, 0.5) is 0 Å². The number of hydrogen-bond donors (Lipinski definition) is 2. The molecule has 18 heavy (non-hydrogen) atoms. The normalized spacial score (nSPS) is 12.3. The minimum Gasteiger partial charge on any atom is -0.480 e. The first-order valence-electron chi connectivity index (χ1n) is 5.75. The molecule has 0 aliphatic carbocycles. The second kappa shape index (κ2) is 5.46. The standard InChI is InChI=1S/C13H15N3O2/c14-7-6-12(13(17)18)16-9-11(8-15-16)10-4-2-1-3-5-10/h1-5,8-9,12H,6-7,14H2,(H,17,18). The first-order valence-corrected chi connectivity index (χ1v) is 5.75. The van der Waals surface area contributed by atoms with Crippen molar-refractivity contribution < 1.29 is 9.90 Å². The highest BCUT2D eigenvalue weighted by Crippen LogP contribution is 2.20. The highest BCUT2D eigenvalue weighted by Gasteiger charge is 2.19. The summed E-state index contributed by atoms with van der Waals surface area (Å²) in [4.78, 5) is 11.1. The van der Waals surface area contributed by atoms with Gasteiger partial charge >= 0.3 is 5.97 Å². The maximum absolute atomic E-state index is 11.1. The largest absolute Gasteiger partial charge is 0.480 e. The van der Waals surface area contributed by atoms with Crippen molar-refractivity contribution in [3.05, 3.63) is 42.7 Å². The van der Waals surface area contributed by atoms with Crippen LogP contribution in [0.15, 0.2) is 42.7 Å². The van der Waals surface area contributed by atoms with E-state index in [0.29, 0.717) is 13.0 Å². The van der Waals surface area contributed by atoms with E-state index < -0.39 is 12.0 Å². The summed E-state index contributed by atoms with van der Waals surface area (Å²) < 4.78 is 1.46. The molecule has 94 valence electrons. The van der Waals surface area contributed by atoms with Crippen LogP contribution in [0.1, 0.15) is 12.5 Å². The summed E-state index contributed by atoms with van der Waals surface area (Å²) in [6, 6.07) is 9.01. The van der Waals surface area contributed by atoms with Gasteiger partial charge in [0.05, 0.1) is 6.20 Å². The molecule has 3 N–H and O–H groups in total. The first-order chi connectivity index (χ1) is 8.72. The van der Waals surface area contributed by atoms with Crippen LogP contribution < -0.4 is 5.73 Å². The van der Waals surface area contributed by atoms with E-state index in [-0.39, 0.29) is 0 Å². The number of nitrogens with two attached hydrogens (primary N) is 1. The molecule has 5 heteroatoms. The van der Waals surface area contributed by atoms with Crippen molar-refractivity contribution in [1.29, 1.82) is 0 Å². The maximum Gasteiger partial charge on any atom is 0.328 e. The van der Waals surface area contributed by atoms with Crippen molar-refractivity contribution in [3.8, 4) is 11.1 Å². The van der Waals surface area contributed by atoms with Crippen LogP contribution in [0.25, 0.3) is 11.1 Å². The monoisotopic (exact) mass is 245 g/mol. The van der Waals surface area contributed by atoms with Crippen LogP contribution in [-0.4, -0.2) is 27.4 Å². The minimum atomic E-state index is -0.914. The third-order valence-corrected chi connectivity index (χ3v) is 2.75. The number of aliphatic carboxylic acids is 1. The number of benzene rings is 1. The van der Waals surface area contributed by atoms with E-state index in [1.807, 2.05) is 30.3 Å². The molecular formula is C13H15N3O2. The number of nitrogens with zero attached hydrogens (tertiary/aromatic N) is 2. The Bertz CT molecular complexity index is 522. The summed E-state index contributed by atoms with van der Waals surface area (Å²) in [5, 5.41) is 13.2. The van der Waals surface area contributed by atoms with Crippen LogP contribution in [0.3, 0.4) is 0 Å². The van der Waals surface area contributed by atoms with Gasteiger partial charge in [-0.1, -0.05) is 30.3 Å². The van der Waals surface area contributed by atoms with E-state index in [2.05, 4.69) is 5.10 Å². The van der Waals surface area contributed by atoms with E-state index in [1.54, 1.807) is 12.4 Å². The van der Waals surface area contributed by atoms with E-state index >= 15 is 0 Å². The second-order valence-electron chi connectivity index (χ2n) is 4.01. The zero-order valence-electron chi connectivity index (χ0n) is 9.86. The van der Waals surface area contributed by atoms with Crippen molar-refractivity contribution >= 4 is 5.97 Å². The Morgan fingerprint density at radius 1 is 1.33 bits per heavy atom. The molecule has 1 unspecified atom stereocenters. The average molecular weight is 245 g/mol. The summed E-state index contributed by atoms with van der Waals surface area (Å²) in [5.41, 5.74) is 7.33. The molecule has 1 atom stereocenters. The summed E-state index contributed by atoms with van der Waals surface area (Å²) in [7, 11) is 0.